The Hall–Kier alpha value is -2.34. The van der Waals surface area contributed by atoms with Gasteiger partial charge in [0, 0.05) is 27.7 Å². The number of thioether (sulfide) groups is 1. The maximum absolute atomic E-state index is 11.6. The molecule has 152 valence electrons. The molecule has 0 bridgehead atoms. The van der Waals surface area contributed by atoms with Crippen LogP contribution in [-0.2, 0) is 42.9 Å². The minimum Gasteiger partial charge on any atom is -0.463 e. The number of carbonyl (C=O) groups is 4. The molecule has 0 amide bonds. The van der Waals surface area contributed by atoms with Crippen molar-refractivity contribution >= 4 is 40.8 Å². The first-order chi connectivity index (χ1) is 12.5. The van der Waals surface area contributed by atoms with Gasteiger partial charge in [-0.05, 0) is 0 Å². The summed E-state index contributed by atoms with van der Waals surface area (Å²) in [6.07, 6.45) is -4.76. The lowest BCUT2D eigenvalue weighted by molar-refractivity contribution is -0.237. The standard InChI is InChI=1S/C15H22N2O9S/c1-6(18)22-5-10-11(23-7(2)19)12(24-8(3)20)13(25-9(4)21)14(26-10)27-15(16)17/h10-14H,5H2,1-4H3,(H3,16,17)/t10-,11+,12+,13-,14?/m1/s1. The molecular formula is C15H22N2O9S. The molecule has 1 aliphatic heterocycles. The molecular weight excluding hydrogens is 384 g/mol. The average molecular weight is 406 g/mol. The molecule has 0 aromatic carbocycles. The molecule has 0 aromatic rings. The third-order valence-electron chi connectivity index (χ3n) is 3.19. The van der Waals surface area contributed by atoms with Gasteiger partial charge in [0.15, 0.2) is 28.9 Å². The number of carbonyl (C=O) groups excluding carboxylic acids is 4. The maximum atomic E-state index is 11.6. The van der Waals surface area contributed by atoms with Crippen molar-refractivity contribution < 1.29 is 42.9 Å². The number of hydrogen-bond donors (Lipinski definition) is 2. The summed E-state index contributed by atoms with van der Waals surface area (Å²) in [6, 6.07) is 0. The van der Waals surface area contributed by atoms with E-state index in [1.54, 1.807) is 0 Å². The molecule has 1 rings (SSSR count). The fourth-order valence-electron chi connectivity index (χ4n) is 2.41. The van der Waals surface area contributed by atoms with Crippen molar-refractivity contribution in [1.82, 2.24) is 0 Å². The molecule has 11 nitrogen and oxygen atoms in total. The van der Waals surface area contributed by atoms with E-state index in [0.29, 0.717) is 11.8 Å². The lowest BCUT2D eigenvalue weighted by Gasteiger charge is -2.43. The SMILES string of the molecule is CC(=O)OC[C@H]1OC(SC(=N)N)[C@H](OC(C)=O)[C@@H](OC(C)=O)[C@H]1OC(C)=O. The molecule has 1 fully saturated rings. The summed E-state index contributed by atoms with van der Waals surface area (Å²) in [5.41, 5.74) is 4.33. The lowest BCUT2D eigenvalue weighted by atomic mass is 9.99. The normalized spacial score (nSPS) is 27.2. The highest BCUT2D eigenvalue weighted by molar-refractivity contribution is 8.14. The van der Waals surface area contributed by atoms with Crippen molar-refractivity contribution in [2.24, 2.45) is 5.73 Å². The van der Waals surface area contributed by atoms with Crippen molar-refractivity contribution in [3.8, 4) is 0 Å². The highest BCUT2D eigenvalue weighted by Gasteiger charge is 2.52. The monoisotopic (exact) mass is 406 g/mol. The van der Waals surface area contributed by atoms with E-state index in [1.807, 2.05) is 0 Å². The van der Waals surface area contributed by atoms with E-state index in [2.05, 4.69) is 0 Å². The first-order valence-corrected chi connectivity index (χ1v) is 8.70. The van der Waals surface area contributed by atoms with Gasteiger partial charge in [0.1, 0.15) is 12.7 Å². The predicted molar refractivity (Wildman–Crippen MR) is 91.5 cm³/mol. The molecule has 12 heteroatoms. The Morgan fingerprint density at radius 1 is 0.889 bits per heavy atom. The number of esters is 4. The molecule has 0 spiro atoms. The van der Waals surface area contributed by atoms with Crippen LogP contribution in [0.2, 0.25) is 0 Å². The summed E-state index contributed by atoms with van der Waals surface area (Å²) in [5, 5.41) is 7.10. The second-order valence-corrected chi connectivity index (χ2v) is 6.69. The van der Waals surface area contributed by atoms with Gasteiger partial charge in [0.2, 0.25) is 0 Å². The van der Waals surface area contributed by atoms with Crippen LogP contribution in [-0.4, -0.2) is 65.5 Å². The van der Waals surface area contributed by atoms with Crippen LogP contribution >= 0.6 is 11.8 Å². The summed E-state index contributed by atoms with van der Waals surface area (Å²) in [4.78, 5) is 45.7. The minimum atomic E-state index is -1.26. The Kier molecular flexibility index (Phi) is 8.50. The highest BCUT2D eigenvalue weighted by atomic mass is 32.2. The summed E-state index contributed by atoms with van der Waals surface area (Å²) in [5.74, 6) is -2.76. The smallest absolute Gasteiger partial charge is 0.303 e. The molecule has 0 aromatic heterocycles. The fraction of sp³-hybridized carbons (Fsp3) is 0.667. The Labute approximate surface area is 159 Å². The minimum absolute atomic E-state index is 0.327. The molecule has 3 N–H and O–H groups in total. The molecule has 0 radical (unpaired) electrons. The zero-order valence-corrected chi connectivity index (χ0v) is 16.1. The van der Waals surface area contributed by atoms with Gasteiger partial charge < -0.3 is 29.4 Å². The number of ether oxygens (including phenoxy) is 5. The van der Waals surface area contributed by atoms with Gasteiger partial charge in [0.25, 0.3) is 0 Å². The topological polar surface area (TPSA) is 164 Å². The Morgan fingerprint density at radius 2 is 1.37 bits per heavy atom. The van der Waals surface area contributed by atoms with Crippen LogP contribution in [0.1, 0.15) is 27.7 Å². The van der Waals surface area contributed by atoms with Gasteiger partial charge in [-0.3, -0.25) is 24.6 Å². The molecule has 1 saturated heterocycles. The number of hydrogen-bond acceptors (Lipinski definition) is 11. The number of nitrogens with two attached hydrogens (primary N) is 1. The van der Waals surface area contributed by atoms with Crippen LogP contribution < -0.4 is 5.73 Å². The molecule has 1 unspecified atom stereocenters. The van der Waals surface area contributed by atoms with Crippen molar-refractivity contribution in [3.63, 3.8) is 0 Å². The van der Waals surface area contributed by atoms with Gasteiger partial charge in [-0.1, -0.05) is 11.8 Å². The highest BCUT2D eigenvalue weighted by Crippen LogP contribution is 2.34. The second kappa shape index (κ2) is 10.1. The van der Waals surface area contributed by atoms with Crippen molar-refractivity contribution in [3.05, 3.63) is 0 Å². The van der Waals surface area contributed by atoms with Gasteiger partial charge in [-0.2, -0.15) is 0 Å². The molecule has 1 heterocycles. The van der Waals surface area contributed by atoms with E-state index in [4.69, 9.17) is 34.8 Å². The van der Waals surface area contributed by atoms with E-state index < -0.39 is 53.7 Å². The van der Waals surface area contributed by atoms with Gasteiger partial charge in [-0.25, -0.2) is 0 Å². The van der Waals surface area contributed by atoms with Gasteiger partial charge in [0.05, 0.1) is 0 Å². The number of rotatable bonds is 6. The Morgan fingerprint density at radius 3 is 1.81 bits per heavy atom. The zero-order valence-electron chi connectivity index (χ0n) is 15.3. The lowest BCUT2D eigenvalue weighted by Crippen LogP contribution is -2.61. The quantitative estimate of drug-likeness (QED) is 0.257. The number of amidine groups is 1. The van der Waals surface area contributed by atoms with Crippen LogP contribution in [0.25, 0.3) is 0 Å². The molecule has 0 saturated carbocycles. The van der Waals surface area contributed by atoms with E-state index in [0.717, 1.165) is 20.8 Å². The molecule has 1 aliphatic rings. The van der Waals surface area contributed by atoms with Crippen LogP contribution in [0.3, 0.4) is 0 Å². The van der Waals surface area contributed by atoms with E-state index in [9.17, 15) is 19.2 Å². The van der Waals surface area contributed by atoms with E-state index in [1.165, 1.54) is 6.92 Å². The number of nitrogens with one attached hydrogen (secondary N) is 1. The van der Waals surface area contributed by atoms with Crippen molar-refractivity contribution in [2.75, 3.05) is 6.61 Å². The van der Waals surface area contributed by atoms with Crippen LogP contribution in [0.5, 0.6) is 0 Å². The van der Waals surface area contributed by atoms with Gasteiger partial charge in [-0.15, -0.1) is 0 Å². The zero-order chi connectivity index (χ0) is 20.7. The first kappa shape index (κ1) is 22.7. The van der Waals surface area contributed by atoms with Crippen LogP contribution in [0, 0.1) is 5.41 Å². The fourth-order valence-corrected chi connectivity index (χ4v) is 3.20. The molecule has 5 atom stereocenters. The van der Waals surface area contributed by atoms with Crippen LogP contribution in [0.15, 0.2) is 0 Å². The largest absolute Gasteiger partial charge is 0.463 e. The average Bonchev–Trinajstić information content (AvgIpc) is 2.49. The third kappa shape index (κ3) is 7.43. The van der Waals surface area contributed by atoms with Crippen molar-refractivity contribution in [2.45, 2.75) is 57.5 Å². The Bertz CT molecular complexity index is 612. The molecule has 27 heavy (non-hydrogen) atoms. The second-order valence-electron chi connectivity index (χ2n) is 5.55. The maximum Gasteiger partial charge on any atom is 0.303 e. The first-order valence-electron chi connectivity index (χ1n) is 7.82. The predicted octanol–water partition coefficient (Wildman–Crippen LogP) is -0.304. The van der Waals surface area contributed by atoms with Crippen LogP contribution in [0.4, 0.5) is 0 Å². The Balaban J connectivity index is 3.29. The summed E-state index contributed by atoms with van der Waals surface area (Å²) < 4.78 is 26.2. The third-order valence-corrected chi connectivity index (χ3v) is 4.06. The summed E-state index contributed by atoms with van der Waals surface area (Å²) in [7, 11) is 0. The summed E-state index contributed by atoms with van der Waals surface area (Å²) >= 11 is 0.705. The van der Waals surface area contributed by atoms with E-state index in [-0.39, 0.29) is 11.8 Å². The molecule has 0 aliphatic carbocycles. The van der Waals surface area contributed by atoms with Gasteiger partial charge >= 0.3 is 23.9 Å². The van der Waals surface area contributed by atoms with Crippen molar-refractivity contribution in [1.29, 1.82) is 5.41 Å². The summed E-state index contributed by atoms with van der Waals surface area (Å²) in [6.45, 7) is 4.24. The van der Waals surface area contributed by atoms with E-state index >= 15 is 0 Å².